The molecule has 3 rings (SSSR count). The Morgan fingerprint density at radius 1 is 1.21 bits per heavy atom. The molecule has 0 radical (unpaired) electrons. The van der Waals surface area contributed by atoms with Crippen molar-refractivity contribution in [2.75, 3.05) is 18.4 Å². The van der Waals surface area contributed by atoms with Gasteiger partial charge in [-0.05, 0) is 37.2 Å². The van der Waals surface area contributed by atoms with Crippen LogP contribution < -0.4 is 10.6 Å². The molecule has 2 N–H and O–H groups in total. The fourth-order valence-electron chi connectivity index (χ4n) is 2.20. The van der Waals surface area contributed by atoms with Gasteiger partial charge in [0.1, 0.15) is 5.82 Å². The minimum Gasteiger partial charge on any atom is -0.365 e. The van der Waals surface area contributed by atoms with Crippen molar-refractivity contribution in [2.24, 2.45) is 0 Å². The van der Waals surface area contributed by atoms with Crippen LogP contribution >= 0.6 is 15.9 Å². The Labute approximate surface area is 120 Å². The van der Waals surface area contributed by atoms with Crippen molar-refractivity contribution in [1.82, 2.24) is 15.5 Å². The molecule has 0 amide bonds. The highest BCUT2D eigenvalue weighted by Crippen LogP contribution is 2.21. The zero-order chi connectivity index (χ0) is 13.1. The number of anilines is 1. The Hall–Kier alpha value is -1.46. The van der Waals surface area contributed by atoms with Gasteiger partial charge in [0.15, 0.2) is 0 Å². The Balaban J connectivity index is 1.74. The Morgan fingerprint density at radius 3 is 2.84 bits per heavy atom. The van der Waals surface area contributed by atoms with Crippen LogP contribution in [0.3, 0.4) is 0 Å². The first-order valence-corrected chi connectivity index (χ1v) is 7.17. The average molecular weight is 319 g/mol. The average Bonchev–Trinajstić information content (AvgIpc) is 2.92. The van der Waals surface area contributed by atoms with Crippen molar-refractivity contribution in [3.8, 4) is 11.3 Å². The van der Waals surface area contributed by atoms with Crippen LogP contribution in [0, 0.1) is 0 Å². The summed E-state index contributed by atoms with van der Waals surface area (Å²) in [7, 11) is 0. The molecule has 1 unspecified atom stereocenters. The molecule has 2 aromatic rings. The van der Waals surface area contributed by atoms with Crippen molar-refractivity contribution in [3.63, 3.8) is 0 Å². The van der Waals surface area contributed by atoms with Gasteiger partial charge in [0.25, 0.3) is 0 Å². The molecule has 1 aromatic heterocycles. The number of hydrogen-bond donors (Lipinski definition) is 2. The largest absolute Gasteiger partial charge is 0.365 e. The molecule has 0 aliphatic carbocycles. The van der Waals surface area contributed by atoms with Gasteiger partial charge in [0.2, 0.25) is 0 Å². The van der Waals surface area contributed by atoms with E-state index in [2.05, 4.69) is 36.8 Å². The molecule has 4 nitrogen and oxygen atoms in total. The first-order valence-electron chi connectivity index (χ1n) is 6.38. The molecular formula is C14H15BrN4. The lowest BCUT2D eigenvalue weighted by Gasteiger charge is -2.11. The van der Waals surface area contributed by atoms with E-state index in [4.69, 9.17) is 0 Å². The number of hydrogen-bond acceptors (Lipinski definition) is 4. The molecule has 1 aliphatic rings. The molecule has 0 saturated carbocycles. The molecule has 1 saturated heterocycles. The second kappa shape index (κ2) is 5.67. The van der Waals surface area contributed by atoms with Gasteiger partial charge in [-0.3, -0.25) is 0 Å². The molecule has 1 aliphatic heterocycles. The second-order valence-corrected chi connectivity index (χ2v) is 5.56. The van der Waals surface area contributed by atoms with E-state index < -0.39 is 0 Å². The molecular weight excluding hydrogens is 304 g/mol. The van der Waals surface area contributed by atoms with Crippen molar-refractivity contribution in [2.45, 2.75) is 12.5 Å². The van der Waals surface area contributed by atoms with Crippen LogP contribution in [0.15, 0.2) is 40.9 Å². The van der Waals surface area contributed by atoms with E-state index in [1.54, 1.807) is 0 Å². The molecule has 2 heterocycles. The van der Waals surface area contributed by atoms with Crippen LogP contribution in [-0.4, -0.2) is 29.3 Å². The van der Waals surface area contributed by atoms with E-state index in [0.29, 0.717) is 6.04 Å². The van der Waals surface area contributed by atoms with E-state index >= 15 is 0 Å². The van der Waals surface area contributed by atoms with Gasteiger partial charge in [-0.25, -0.2) is 0 Å². The summed E-state index contributed by atoms with van der Waals surface area (Å²) in [5.41, 5.74) is 1.95. The summed E-state index contributed by atoms with van der Waals surface area (Å²) in [6, 6.07) is 12.5. The summed E-state index contributed by atoms with van der Waals surface area (Å²) in [6.07, 6.45) is 1.13. The van der Waals surface area contributed by atoms with Gasteiger partial charge in [0.05, 0.1) is 5.69 Å². The third-order valence-corrected chi connectivity index (χ3v) is 3.69. The predicted octanol–water partition coefficient (Wildman–Crippen LogP) is 2.68. The lowest BCUT2D eigenvalue weighted by molar-refractivity contribution is 0.783. The SMILES string of the molecule is Brc1cccc(-c2ccc(NC3CCNC3)nn2)c1. The van der Waals surface area contributed by atoms with Gasteiger partial charge in [-0.1, -0.05) is 28.1 Å². The molecule has 19 heavy (non-hydrogen) atoms. The number of halogens is 1. The second-order valence-electron chi connectivity index (χ2n) is 4.65. The molecule has 1 atom stereocenters. The fourth-order valence-corrected chi connectivity index (χ4v) is 2.60. The highest BCUT2D eigenvalue weighted by Gasteiger charge is 2.14. The molecule has 0 spiro atoms. The maximum atomic E-state index is 4.28. The predicted molar refractivity (Wildman–Crippen MR) is 80.1 cm³/mol. The number of benzene rings is 1. The molecule has 0 bridgehead atoms. The maximum absolute atomic E-state index is 4.28. The number of aromatic nitrogens is 2. The topological polar surface area (TPSA) is 49.8 Å². The van der Waals surface area contributed by atoms with Crippen LogP contribution in [0.1, 0.15) is 6.42 Å². The monoisotopic (exact) mass is 318 g/mol. The summed E-state index contributed by atoms with van der Waals surface area (Å²) < 4.78 is 1.05. The Bertz CT molecular complexity index is 550. The summed E-state index contributed by atoms with van der Waals surface area (Å²) >= 11 is 3.46. The van der Waals surface area contributed by atoms with Gasteiger partial charge >= 0.3 is 0 Å². The van der Waals surface area contributed by atoms with Gasteiger partial charge in [-0.2, -0.15) is 0 Å². The van der Waals surface area contributed by atoms with Crippen LogP contribution in [0.4, 0.5) is 5.82 Å². The van der Waals surface area contributed by atoms with Crippen LogP contribution in [0.2, 0.25) is 0 Å². The summed E-state index contributed by atoms with van der Waals surface area (Å²) in [5.74, 6) is 0.840. The highest BCUT2D eigenvalue weighted by molar-refractivity contribution is 9.10. The minimum absolute atomic E-state index is 0.464. The van der Waals surface area contributed by atoms with Crippen molar-refractivity contribution >= 4 is 21.7 Å². The van der Waals surface area contributed by atoms with Crippen LogP contribution in [0.5, 0.6) is 0 Å². The maximum Gasteiger partial charge on any atom is 0.148 e. The third kappa shape index (κ3) is 3.11. The number of nitrogens with one attached hydrogen (secondary N) is 2. The minimum atomic E-state index is 0.464. The normalized spacial score (nSPS) is 18.5. The lowest BCUT2D eigenvalue weighted by Crippen LogP contribution is -2.22. The standard InChI is InChI=1S/C14H15BrN4/c15-11-3-1-2-10(8-11)13-4-5-14(19-18-13)17-12-6-7-16-9-12/h1-5,8,12,16H,6-7,9H2,(H,17,19). The zero-order valence-corrected chi connectivity index (χ0v) is 12.0. The highest BCUT2D eigenvalue weighted by atomic mass is 79.9. The van der Waals surface area contributed by atoms with E-state index in [1.807, 2.05) is 36.4 Å². The third-order valence-electron chi connectivity index (χ3n) is 3.20. The van der Waals surface area contributed by atoms with Crippen molar-refractivity contribution in [1.29, 1.82) is 0 Å². The van der Waals surface area contributed by atoms with E-state index in [-0.39, 0.29) is 0 Å². The summed E-state index contributed by atoms with van der Waals surface area (Å²) in [4.78, 5) is 0. The van der Waals surface area contributed by atoms with Crippen LogP contribution in [0.25, 0.3) is 11.3 Å². The number of rotatable bonds is 3. The van der Waals surface area contributed by atoms with E-state index in [9.17, 15) is 0 Å². The Kier molecular flexibility index (Phi) is 3.75. The van der Waals surface area contributed by atoms with Gasteiger partial charge < -0.3 is 10.6 Å². The lowest BCUT2D eigenvalue weighted by atomic mass is 10.1. The van der Waals surface area contributed by atoms with Gasteiger partial charge in [-0.15, -0.1) is 10.2 Å². The van der Waals surface area contributed by atoms with Crippen molar-refractivity contribution < 1.29 is 0 Å². The zero-order valence-electron chi connectivity index (χ0n) is 10.4. The van der Waals surface area contributed by atoms with Crippen molar-refractivity contribution in [3.05, 3.63) is 40.9 Å². The van der Waals surface area contributed by atoms with Gasteiger partial charge in [0, 0.05) is 22.6 Å². The van der Waals surface area contributed by atoms with Crippen LogP contribution in [-0.2, 0) is 0 Å². The Morgan fingerprint density at radius 2 is 2.16 bits per heavy atom. The molecule has 1 aromatic carbocycles. The van der Waals surface area contributed by atoms with E-state index in [0.717, 1.165) is 41.1 Å². The number of nitrogens with zero attached hydrogens (tertiary/aromatic N) is 2. The first-order chi connectivity index (χ1) is 9.31. The summed E-state index contributed by atoms with van der Waals surface area (Å²) in [6.45, 7) is 2.07. The smallest absolute Gasteiger partial charge is 0.148 e. The fraction of sp³-hybridized carbons (Fsp3) is 0.286. The summed E-state index contributed by atoms with van der Waals surface area (Å²) in [5, 5.41) is 15.2. The van der Waals surface area contributed by atoms with E-state index in [1.165, 1.54) is 0 Å². The first kappa shape index (κ1) is 12.6. The quantitative estimate of drug-likeness (QED) is 0.913. The molecule has 98 valence electrons. The molecule has 1 fully saturated rings. The molecule has 5 heteroatoms.